The van der Waals surface area contributed by atoms with Gasteiger partial charge in [-0.1, -0.05) is 6.92 Å². The van der Waals surface area contributed by atoms with Gasteiger partial charge in [-0.3, -0.25) is 0 Å². The van der Waals surface area contributed by atoms with Gasteiger partial charge < -0.3 is 10.1 Å². The highest BCUT2D eigenvalue weighted by molar-refractivity contribution is 7.16. The summed E-state index contributed by atoms with van der Waals surface area (Å²) in [7, 11) is 1.89. The molecule has 1 N–H and O–H groups in total. The molecule has 1 aliphatic carbocycles. The zero-order chi connectivity index (χ0) is 19.4. The highest BCUT2D eigenvalue weighted by Crippen LogP contribution is 2.39. The Bertz CT molecular complexity index is 630. The molecule has 0 aliphatic heterocycles. The molecule has 0 aromatic carbocycles. The van der Waals surface area contributed by atoms with Gasteiger partial charge in [0.15, 0.2) is 0 Å². The quantitative estimate of drug-likeness (QED) is 0.592. The highest BCUT2D eigenvalue weighted by Gasteiger charge is 2.56. The number of thiophene rings is 1. The van der Waals surface area contributed by atoms with Crippen LogP contribution in [0.15, 0.2) is 0 Å². The number of alkyl halides is 6. The average molecular weight is 386 g/mol. The number of nitrogens with one attached hydrogen (secondary N) is 1. The summed E-state index contributed by atoms with van der Waals surface area (Å²) in [4.78, 5) is 10.8. The van der Waals surface area contributed by atoms with Gasteiger partial charge in [0.25, 0.3) is 0 Å². The topological polar surface area (TPSA) is 52.9 Å². The van der Waals surface area contributed by atoms with Crippen LogP contribution in [0.25, 0.3) is 0 Å². The standard InChI is InChI=1S/C11H14N2S.C4H2F6O/c1-7-3-4-8-9(6-12)11(13-2)14-10(8)5-7;5-3(6,7)2(1-11)4(8,9)10/h7,13H,3-5H2,1-2H3;1-2H. The Balaban J connectivity index is 0.000000260. The summed E-state index contributed by atoms with van der Waals surface area (Å²) in [5.41, 5.74) is 2.19. The predicted octanol–water partition coefficient (Wildman–Crippen LogP) is 4.71. The van der Waals surface area contributed by atoms with E-state index in [0.717, 1.165) is 29.3 Å². The molecule has 1 atom stereocenters. The maximum atomic E-state index is 11.3. The van der Waals surface area contributed by atoms with Crippen LogP contribution < -0.4 is 5.32 Å². The zero-order valence-electron chi connectivity index (χ0n) is 13.4. The first-order chi connectivity index (χ1) is 11.5. The van der Waals surface area contributed by atoms with Crippen molar-refractivity contribution < 1.29 is 31.1 Å². The van der Waals surface area contributed by atoms with E-state index >= 15 is 0 Å². The van der Waals surface area contributed by atoms with Crippen LogP contribution in [0.1, 0.15) is 29.3 Å². The molecule has 25 heavy (non-hydrogen) atoms. The number of halogens is 6. The van der Waals surface area contributed by atoms with Gasteiger partial charge in [0.2, 0.25) is 5.92 Å². The minimum atomic E-state index is -5.54. The summed E-state index contributed by atoms with van der Waals surface area (Å²) in [5.74, 6) is -3.09. The molecule has 1 aromatic rings. The number of nitriles is 1. The number of aldehydes is 1. The van der Waals surface area contributed by atoms with Gasteiger partial charge in [0.1, 0.15) is 17.4 Å². The Hall–Kier alpha value is -1.76. The third-order valence-corrected chi connectivity index (χ3v) is 4.96. The Morgan fingerprint density at radius 2 is 1.84 bits per heavy atom. The Labute approximate surface area is 144 Å². The maximum absolute atomic E-state index is 11.3. The second-order valence-corrected chi connectivity index (χ2v) is 6.72. The summed E-state index contributed by atoms with van der Waals surface area (Å²) in [6.45, 7) is 2.29. The molecular weight excluding hydrogens is 370 g/mol. The van der Waals surface area contributed by atoms with Crippen LogP contribution in [-0.4, -0.2) is 25.7 Å². The van der Waals surface area contributed by atoms with Gasteiger partial charge in [0.05, 0.1) is 5.56 Å². The molecule has 1 aliphatic rings. The van der Waals surface area contributed by atoms with E-state index in [1.54, 1.807) is 11.3 Å². The van der Waals surface area contributed by atoms with E-state index in [0.29, 0.717) is 0 Å². The van der Waals surface area contributed by atoms with Crippen LogP contribution in [0, 0.1) is 23.2 Å². The minimum Gasteiger partial charge on any atom is -0.379 e. The molecule has 10 heteroatoms. The first-order valence-corrected chi connectivity index (χ1v) is 8.08. The fourth-order valence-corrected chi connectivity index (χ4v) is 3.70. The van der Waals surface area contributed by atoms with Crippen molar-refractivity contribution in [3.05, 3.63) is 16.0 Å². The Morgan fingerprint density at radius 3 is 2.20 bits per heavy atom. The molecule has 0 spiro atoms. The van der Waals surface area contributed by atoms with E-state index in [1.165, 1.54) is 16.9 Å². The van der Waals surface area contributed by atoms with E-state index < -0.39 is 24.6 Å². The molecule has 0 bridgehead atoms. The molecule has 0 fully saturated rings. The third kappa shape index (κ3) is 5.36. The van der Waals surface area contributed by atoms with E-state index in [4.69, 9.17) is 5.26 Å². The Kier molecular flexibility index (Phi) is 6.88. The van der Waals surface area contributed by atoms with Gasteiger partial charge in [-0.15, -0.1) is 11.3 Å². The second-order valence-electron chi connectivity index (χ2n) is 5.61. The summed E-state index contributed by atoms with van der Waals surface area (Å²) < 4.78 is 67.6. The van der Waals surface area contributed by atoms with Crippen LogP contribution in [0.4, 0.5) is 31.3 Å². The first kappa shape index (κ1) is 21.3. The smallest absolute Gasteiger partial charge is 0.379 e. The number of nitrogens with zero attached hydrogens (tertiary/aromatic N) is 1. The number of carbonyl (C=O) groups excluding carboxylic acids is 1. The largest absolute Gasteiger partial charge is 0.407 e. The average Bonchev–Trinajstić information content (AvgIpc) is 2.81. The van der Waals surface area contributed by atoms with Crippen LogP contribution >= 0.6 is 11.3 Å². The SMILES string of the molecule is CNc1sc2c(c1C#N)CCC(C)C2.O=CC(C(F)(F)F)C(F)(F)F. The number of hydrogen-bond donors (Lipinski definition) is 1. The van der Waals surface area contributed by atoms with Gasteiger partial charge in [-0.25, -0.2) is 0 Å². The van der Waals surface area contributed by atoms with Crippen LogP contribution in [0.5, 0.6) is 0 Å². The lowest BCUT2D eigenvalue weighted by molar-refractivity contribution is -0.269. The van der Waals surface area contributed by atoms with Crippen molar-refractivity contribution in [3.8, 4) is 6.07 Å². The molecule has 0 amide bonds. The minimum absolute atomic E-state index is 0.775. The molecule has 2 rings (SSSR count). The Morgan fingerprint density at radius 1 is 1.28 bits per heavy atom. The molecule has 0 saturated carbocycles. The monoisotopic (exact) mass is 386 g/mol. The summed E-state index contributed by atoms with van der Waals surface area (Å²) in [6, 6.07) is 2.32. The summed E-state index contributed by atoms with van der Waals surface area (Å²) >= 11 is 1.76. The molecular formula is C15H16F6N2OS. The van der Waals surface area contributed by atoms with Crippen LogP contribution in [0.2, 0.25) is 0 Å². The molecule has 0 radical (unpaired) electrons. The zero-order valence-corrected chi connectivity index (χ0v) is 14.2. The van der Waals surface area contributed by atoms with Crippen LogP contribution in [-0.2, 0) is 17.6 Å². The lowest BCUT2D eigenvalue weighted by Gasteiger charge is -2.17. The van der Waals surface area contributed by atoms with Crippen molar-refractivity contribution in [1.29, 1.82) is 5.26 Å². The van der Waals surface area contributed by atoms with Gasteiger partial charge in [-0.05, 0) is 30.7 Å². The van der Waals surface area contributed by atoms with Gasteiger partial charge in [0, 0.05) is 11.9 Å². The van der Waals surface area contributed by atoms with Gasteiger partial charge in [-0.2, -0.15) is 31.6 Å². The molecule has 140 valence electrons. The van der Waals surface area contributed by atoms with Crippen molar-refractivity contribution >= 4 is 22.6 Å². The van der Waals surface area contributed by atoms with Crippen molar-refractivity contribution in [2.24, 2.45) is 11.8 Å². The lowest BCUT2D eigenvalue weighted by Crippen LogP contribution is -2.37. The van der Waals surface area contributed by atoms with E-state index in [9.17, 15) is 31.1 Å². The van der Waals surface area contributed by atoms with Crippen molar-refractivity contribution in [1.82, 2.24) is 0 Å². The normalized spacial score (nSPS) is 17.2. The van der Waals surface area contributed by atoms with Gasteiger partial charge >= 0.3 is 12.4 Å². The first-order valence-electron chi connectivity index (χ1n) is 7.26. The third-order valence-electron chi connectivity index (χ3n) is 3.69. The maximum Gasteiger partial charge on any atom is 0.407 e. The number of hydrogen-bond acceptors (Lipinski definition) is 4. The lowest BCUT2D eigenvalue weighted by atomic mass is 9.89. The number of rotatable bonds is 2. The molecule has 1 aromatic heterocycles. The second kappa shape index (κ2) is 8.08. The summed E-state index contributed by atoms with van der Waals surface area (Å²) in [5, 5.41) is 13.2. The number of fused-ring (bicyclic) bond motifs is 1. The number of carbonyl (C=O) groups is 1. The molecule has 3 nitrogen and oxygen atoms in total. The molecule has 0 saturated heterocycles. The molecule has 1 heterocycles. The van der Waals surface area contributed by atoms with Crippen molar-refractivity contribution in [2.75, 3.05) is 12.4 Å². The molecule has 1 unspecified atom stereocenters. The van der Waals surface area contributed by atoms with Crippen LogP contribution in [0.3, 0.4) is 0 Å². The number of anilines is 1. The van der Waals surface area contributed by atoms with E-state index in [-0.39, 0.29) is 0 Å². The summed E-state index contributed by atoms with van der Waals surface area (Å²) in [6.07, 6.45) is -8.80. The van der Waals surface area contributed by atoms with E-state index in [1.807, 2.05) is 7.05 Å². The highest BCUT2D eigenvalue weighted by atomic mass is 32.1. The fraction of sp³-hybridized carbons (Fsp3) is 0.600. The van der Waals surface area contributed by atoms with Crippen molar-refractivity contribution in [2.45, 2.75) is 38.5 Å². The fourth-order valence-electron chi connectivity index (χ4n) is 2.39. The van der Waals surface area contributed by atoms with Crippen molar-refractivity contribution in [3.63, 3.8) is 0 Å². The van der Waals surface area contributed by atoms with E-state index in [2.05, 4.69) is 18.3 Å². The predicted molar refractivity (Wildman–Crippen MR) is 81.4 cm³/mol.